The first kappa shape index (κ1) is 16.2. The van der Waals surface area contributed by atoms with Gasteiger partial charge in [-0.1, -0.05) is 23.9 Å². The summed E-state index contributed by atoms with van der Waals surface area (Å²) in [5.74, 6) is -0.213. The second-order valence-electron chi connectivity index (χ2n) is 4.82. The normalized spacial score (nSPS) is 10.7. The van der Waals surface area contributed by atoms with E-state index in [1.165, 1.54) is 35.2 Å². The lowest BCUT2D eigenvalue weighted by atomic mass is 10.2. The van der Waals surface area contributed by atoms with Crippen molar-refractivity contribution in [1.29, 1.82) is 0 Å². The number of hydrogen-bond donors (Lipinski definition) is 2. The Bertz CT molecular complexity index is 926. The average molecular weight is 360 g/mol. The van der Waals surface area contributed by atoms with Crippen molar-refractivity contribution in [3.05, 3.63) is 52.6 Å². The maximum Gasteiger partial charge on any atom is 0.292 e. The molecule has 1 amide bonds. The van der Waals surface area contributed by atoms with E-state index in [0.717, 1.165) is 14.6 Å². The Labute approximate surface area is 145 Å². The van der Waals surface area contributed by atoms with Gasteiger partial charge in [0.25, 0.3) is 5.69 Å². The molecular weight excluding hydrogens is 348 g/mol. The van der Waals surface area contributed by atoms with Crippen molar-refractivity contribution in [3.63, 3.8) is 0 Å². The van der Waals surface area contributed by atoms with E-state index in [1.54, 1.807) is 18.2 Å². The molecule has 0 saturated carbocycles. The second-order valence-corrected chi connectivity index (χ2v) is 7.07. The van der Waals surface area contributed by atoms with Gasteiger partial charge in [-0.05, 0) is 24.3 Å². The number of aromatic nitrogens is 1. The first-order chi connectivity index (χ1) is 11.5. The molecule has 1 aromatic heterocycles. The number of nitrogens with zero attached hydrogens (tertiary/aromatic N) is 2. The lowest BCUT2D eigenvalue weighted by Gasteiger charge is -2.04. The Morgan fingerprint density at radius 1 is 1.33 bits per heavy atom. The van der Waals surface area contributed by atoms with Gasteiger partial charge >= 0.3 is 0 Å². The quantitative estimate of drug-likeness (QED) is 0.312. The van der Waals surface area contributed by atoms with Gasteiger partial charge in [-0.3, -0.25) is 14.9 Å². The SMILES string of the molecule is Nc1ccc2nc(SCC(=O)Nc3ccccc3[N+](=O)[O-])sc2c1. The molecule has 0 aliphatic rings. The van der Waals surface area contributed by atoms with E-state index in [9.17, 15) is 14.9 Å². The molecule has 0 unspecified atom stereocenters. The number of benzene rings is 2. The molecule has 0 spiro atoms. The number of thiazole rings is 1. The van der Waals surface area contributed by atoms with Crippen LogP contribution in [-0.4, -0.2) is 21.6 Å². The highest BCUT2D eigenvalue weighted by molar-refractivity contribution is 8.01. The molecule has 24 heavy (non-hydrogen) atoms. The molecule has 0 aliphatic heterocycles. The molecule has 0 radical (unpaired) electrons. The maximum atomic E-state index is 12.0. The molecule has 9 heteroatoms. The van der Waals surface area contributed by atoms with Gasteiger partial charge in [0, 0.05) is 11.8 Å². The van der Waals surface area contributed by atoms with Gasteiger partial charge in [-0.15, -0.1) is 11.3 Å². The summed E-state index contributed by atoms with van der Waals surface area (Å²) in [6, 6.07) is 11.5. The summed E-state index contributed by atoms with van der Waals surface area (Å²) in [7, 11) is 0. The number of fused-ring (bicyclic) bond motifs is 1. The number of amides is 1. The fourth-order valence-electron chi connectivity index (χ4n) is 2.03. The summed E-state index contributed by atoms with van der Waals surface area (Å²) in [6.07, 6.45) is 0. The van der Waals surface area contributed by atoms with Crippen LogP contribution in [0.5, 0.6) is 0 Å². The Morgan fingerprint density at radius 2 is 2.12 bits per heavy atom. The number of nitrogen functional groups attached to an aromatic ring is 1. The van der Waals surface area contributed by atoms with Crippen molar-refractivity contribution in [2.24, 2.45) is 0 Å². The second kappa shape index (κ2) is 6.85. The third kappa shape index (κ3) is 3.63. The number of nitro groups is 1. The van der Waals surface area contributed by atoms with Crippen molar-refractivity contribution in [2.75, 3.05) is 16.8 Å². The number of rotatable bonds is 5. The highest BCUT2D eigenvalue weighted by Crippen LogP contribution is 2.31. The fraction of sp³-hybridized carbons (Fsp3) is 0.0667. The smallest absolute Gasteiger partial charge is 0.292 e. The van der Waals surface area contributed by atoms with Crippen molar-refractivity contribution in [3.8, 4) is 0 Å². The minimum Gasteiger partial charge on any atom is -0.399 e. The molecule has 1 heterocycles. The molecular formula is C15H12N4O3S2. The summed E-state index contributed by atoms with van der Waals surface area (Å²) >= 11 is 2.73. The topological polar surface area (TPSA) is 111 Å². The lowest BCUT2D eigenvalue weighted by molar-refractivity contribution is -0.383. The number of nitrogens with one attached hydrogen (secondary N) is 1. The van der Waals surface area contributed by atoms with Gasteiger partial charge in [0.2, 0.25) is 5.91 Å². The van der Waals surface area contributed by atoms with E-state index < -0.39 is 4.92 Å². The van der Waals surface area contributed by atoms with Gasteiger partial charge in [0.15, 0.2) is 4.34 Å². The zero-order valence-corrected chi connectivity index (χ0v) is 13.9. The maximum absolute atomic E-state index is 12.0. The van der Waals surface area contributed by atoms with Crippen LogP contribution in [0.4, 0.5) is 17.1 Å². The number of hydrogen-bond acceptors (Lipinski definition) is 7. The molecule has 3 rings (SSSR count). The summed E-state index contributed by atoms with van der Waals surface area (Å²) in [6.45, 7) is 0. The predicted octanol–water partition coefficient (Wildman–Crippen LogP) is 3.52. The minimum absolute atomic E-state index is 0.112. The van der Waals surface area contributed by atoms with E-state index in [4.69, 9.17) is 5.73 Å². The summed E-state index contributed by atoms with van der Waals surface area (Å²) < 4.78 is 1.70. The zero-order valence-electron chi connectivity index (χ0n) is 12.3. The number of nitrogens with two attached hydrogens (primary N) is 1. The van der Waals surface area contributed by atoms with Gasteiger partial charge in [-0.25, -0.2) is 4.98 Å². The molecule has 3 N–H and O–H groups in total. The number of carbonyl (C=O) groups excluding carboxylic acids is 1. The first-order valence-corrected chi connectivity index (χ1v) is 8.65. The van der Waals surface area contributed by atoms with Gasteiger partial charge < -0.3 is 11.1 Å². The van der Waals surface area contributed by atoms with Gasteiger partial charge in [0.1, 0.15) is 5.69 Å². The summed E-state index contributed by atoms with van der Waals surface area (Å²) in [5.41, 5.74) is 7.28. The molecule has 122 valence electrons. The minimum atomic E-state index is -0.527. The largest absolute Gasteiger partial charge is 0.399 e. The van der Waals surface area contributed by atoms with Crippen molar-refractivity contribution in [2.45, 2.75) is 4.34 Å². The van der Waals surface area contributed by atoms with Crippen molar-refractivity contribution >= 4 is 56.3 Å². The van der Waals surface area contributed by atoms with Crippen LogP contribution in [0.1, 0.15) is 0 Å². The van der Waals surface area contributed by atoms with E-state index in [2.05, 4.69) is 10.3 Å². The van der Waals surface area contributed by atoms with E-state index in [1.807, 2.05) is 12.1 Å². The zero-order chi connectivity index (χ0) is 17.1. The highest BCUT2D eigenvalue weighted by Gasteiger charge is 2.15. The van der Waals surface area contributed by atoms with Crippen LogP contribution in [0.3, 0.4) is 0 Å². The van der Waals surface area contributed by atoms with E-state index in [-0.39, 0.29) is 23.0 Å². The number of para-hydroxylation sites is 2. The third-order valence-corrected chi connectivity index (χ3v) is 5.26. The Kier molecular flexibility index (Phi) is 4.63. The monoisotopic (exact) mass is 360 g/mol. The Balaban J connectivity index is 1.66. The number of nitro benzene ring substituents is 1. The average Bonchev–Trinajstić information content (AvgIpc) is 2.95. The number of thioether (sulfide) groups is 1. The molecule has 0 atom stereocenters. The van der Waals surface area contributed by atoms with Crippen LogP contribution in [-0.2, 0) is 4.79 Å². The summed E-state index contributed by atoms with van der Waals surface area (Å²) in [5, 5.41) is 13.5. The molecule has 2 aromatic carbocycles. The van der Waals surface area contributed by atoms with Crippen LogP contribution < -0.4 is 11.1 Å². The van der Waals surface area contributed by atoms with Crippen LogP contribution >= 0.6 is 23.1 Å². The molecule has 3 aromatic rings. The standard InChI is InChI=1S/C15H12N4O3S2/c16-9-5-6-11-13(7-9)24-15(18-11)23-8-14(20)17-10-3-1-2-4-12(10)19(21)22/h1-7H,8,16H2,(H,17,20). The van der Waals surface area contributed by atoms with Crippen LogP contribution in [0, 0.1) is 10.1 Å². The lowest BCUT2D eigenvalue weighted by Crippen LogP contribution is -2.15. The third-order valence-electron chi connectivity index (χ3n) is 3.09. The van der Waals surface area contributed by atoms with E-state index >= 15 is 0 Å². The number of carbonyl (C=O) groups is 1. The van der Waals surface area contributed by atoms with Crippen LogP contribution in [0.25, 0.3) is 10.2 Å². The number of anilines is 2. The van der Waals surface area contributed by atoms with Crippen LogP contribution in [0.15, 0.2) is 46.8 Å². The summed E-state index contributed by atoms with van der Waals surface area (Å²) in [4.78, 5) is 26.9. The Morgan fingerprint density at radius 3 is 2.92 bits per heavy atom. The highest BCUT2D eigenvalue weighted by atomic mass is 32.2. The molecule has 0 fully saturated rings. The van der Waals surface area contributed by atoms with E-state index in [0.29, 0.717) is 5.69 Å². The van der Waals surface area contributed by atoms with Crippen LogP contribution in [0.2, 0.25) is 0 Å². The van der Waals surface area contributed by atoms with Crippen molar-refractivity contribution < 1.29 is 9.72 Å². The first-order valence-electron chi connectivity index (χ1n) is 6.85. The fourth-order valence-corrected chi connectivity index (χ4v) is 3.95. The molecule has 0 bridgehead atoms. The molecule has 0 aliphatic carbocycles. The van der Waals surface area contributed by atoms with Gasteiger partial charge in [0.05, 0.1) is 20.9 Å². The van der Waals surface area contributed by atoms with Gasteiger partial charge in [-0.2, -0.15) is 0 Å². The molecule has 0 saturated heterocycles. The Hall–Kier alpha value is -2.65. The molecule has 7 nitrogen and oxygen atoms in total. The predicted molar refractivity (Wildman–Crippen MR) is 96.5 cm³/mol. The van der Waals surface area contributed by atoms with Crippen molar-refractivity contribution in [1.82, 2.24) is 4.98 Å².